The molecule has 0 radical (unpaired) electrons. The standard InChI is InChI=1S/C15H19N3O5S.CH4/c1-16(2)14(19)13-7-12(24)8-17(13)15(20)23-9-10-3-5-11(6-4-10)18(21)22;/h3-6,12-13,24H,7-9H2,1-2H3;1H4/t12-,13-;/m0./s1. The van der Waals surface area contributed by atoms with Crippen LogP contribution in [0.3, 0.4) is 0 Å². The van der Waals surface area contributed by atoms with Gasteiger partial charge in [0.05, 0.1) is 4.92 Å². The highest BCUT2D eigenvalue weighted by Crippen LogP contribution is 2.24. The summed E-state index contributed by atoms with van der Waals surface area (Å²) in [6.45, 7) is 0.319. The number of likely N-dealkylation sites (N-methyl/N-ethyl adjacent to an activating group) is 1. The van der Waals surface area contributed by atoms with E-state index in [0.29, 0.717) is 18.5 Å². The normalized spacial score (nSPS) is 19.1. The summed E-state index contributed by atoms with van der Waals surface area (Å²) >= 11 is 4.35. The molecule has 0 saturated carbocycles. The zero-order valence-corrected chi connectivity index (χ0v) is 14.3. The number of hydrogen-bond donors (Lipinski definition) is 1. The van der Waals surface area contributed by atoms with Crippen molar-refractivity contribution in [2.75, 3.05) is 20.6 Å². The molecule has 8 nitrogen and oxygen atoms in total. The van der Waals surface area contributed by atoms with Crippen molar-refractivity contribution in [3.05, 3.63) is 39.9 Å². The second kappa shape index (κ2) is 8.70. The van der Waals surface area contributed by atoms with E-state index in [-0.39, 0.29) is 30.9 Å². The molecule has 0 spiro atoms. The molecule has 25 heavy (non-hydrogen) atoms. The predicted molar refractivity (Wildman–Crippen MR) is 96.6 cm³/mol. The van der Waals surface area contributed by atoms with Crippen molar-refractivity contribution in [3.63, 3.8) is 0 Å². The molecule has 1 aliphatic rings. The van der Waals surface area contributed by atoms with Crippen LogP contribution in [0.5, 0.6) is 0 Å². The SMILES string of the molecule is C.CN(C)C(=O)[C@@H]1C[C@H](S)CN1C(=O)OCc1ccc([N+](=O)[O-])cc1. The molecular formula is C16H23N3O5S. The Bertz CT molecular complexity index is 635. The van der Waals surface area contributed by atoms with Gasteiger partial charge in [-0.05, 0) is 24.1 Å². The molecule has 0 aromatic heterocycles. The molecule has 1 heterocycles. The summed E-state index contributed by atoms with van der Waals surface area (Å²) in [5.41, 5.74) is 0.602. The first-order chi connectivity index (χ1) is 11.3. The topological polar surface area (TPSA) is 93.0 Å². The summed E-state index contributed by atoms with van der Waals surface area (Å²) in [5, 5.41) is 10.5. The first-order valence-electron chi connectivity index (χ1n) is 7.35. The zero-order valence-electron chi connectivity index (χ0n) is 13.4. The number of nitro benzene ring substituents is 1. The maximum Gasteiger partial charge on any atom is 0.410 e. The maximum atomic E-state index is 12.3. The molecule has 2 rings (SSSR count). The third kappa shape index (κ3) is 5.09. The van der Waals surface area contributed by atoms with Crippen LogP contribution in [0.4, 0.5) is 10.5 Å². The number of amides is 2. The van der Waals surface area contributed by atoms with E-state index in [9.17, 15) is 19.7 Å². The van der Waals surface area contributed by atoms with Crippen molar-refractivity contribution in [3.8, 4) is 0 Å². The lowest BCUT2D eigenvalue weighted by atomic mass is 10.2. The van der Waals surface area contributed by atoms with Gasteiger partial charge in [0.25, 0.3) is 5.69 Å². The van der Waals surface area contributed by atoms with Crippen molar-refractivity contribution in [1.82, 2.24) is 9.80 Å². The van der Waals surface area contributed by atoms with Crippen LogP contribution in [-0.2, 0) is 16.1 Å². The molecule has 0 aliphatic carbocycles. The summed E-state index contributed by atoms with van der Waals surface area (Å²) in [6.07, 6.45) is -0.114. The van der Waals surface area contributed by atoms with Gasteiger partial charge in [0.1, 0.15) is 12.6 Å². The summed E-state index contributed by atoms with van der Waals surface area (Å²) in [7, 11) is 3.27. The Kier molecular flexibility index (Phi) is 7.22. The van der Waals surface area contributed by atoms with Crippen molar-refractivity contribution in [2.45, 2.75) is 31.7 Å². The smallest absolute Gasteiger partial charge is 0.410 e. The molecule has 0 bridgehead atoms. The van der Waals surface area contributed by atoms with E-state index in [4.69, 9.17) is 4.74 Å². The van der Waals surface area contributed by atoms with Gasteiger partial charge in [0.15, 0.2) is 0 Å². The minimum Gasteiger partial charge on any atom is -0.445 e. The first kappa shape index (κ1) is 20.8. The number of thiol groups is 1. The fourth-order valence-corrected chi connectivity index (χ4v) is 2.87. The van der Waals surface area contributed by atoms with Crippen LogP contribution in [0.2, 0.25) is 0 Å². The van der Waals surface area contributed by atoms with E-state index in [1.165, 1.54) is 34.1 Å². The quantitative estimate of drug-likeness (QED) is 0.499. The lowest BCUT2D eigenvalue weighted by Crippen LogP contribution is -2.45. The van der Waals surface area contributed by atoms with Gasteiger partial charge in [-0.1, -0.05) is 7.43 Å². The molecule has 1 fully saturated rings. The Morgan fingerprint density at radius 1 is 1.36 bits per heavy atom. The van der Waals surface area contributed by atoms with E-state index in [2.05, 4.69) is 12.6 Å². The van der Waals surface area contributed by atoms with Gasteiger partial charge in [-0.25, -0.2) is 4.79 Å². The van der Waals surface area contributed by atoms with Crippen molar-refractivity contribution in [2.24, 2.45) is 0 Å². The van der Waals surface area contributed by atoms with Gasteiger partial charge in [-0.15, -0.1) is 0 Å². The van der Waals surface area contributed by atoms with Crippen LogP contribution >= 0.6 is 12.6 Å². The van der Waals surface area contributed by atoms with E-state index < -0.39 is 17.1 Å². The third-order valence-corrected chi connectivity index (χ3v) is 4.12. The number of carbonyl (C=O) groups is 2. The number of ether oxygens (including phenoxy) is 1. The Balaban J connectivity index is 0.00000312. The largest absolute Gasteiger partial charge is 0.445 e. The molecule has 9 heteroatoms. The van der Waals surface area contributed by atoms with E-state index in [1.54, 1.807) is 14.1 Å². The van der Waals surface area contributed by atoms with Crippen LogP contribution in [0.25, 0.3) is 0 Å². The summed E-state index contributed by atoms with van der Waals surface area (Å²) in [6, 6.07) is 5.17. The number of non-ortho nitro benzene ring substituents is 1. The van der Waals surface area contributed by atoms with Crippen LogP contribution in [0, 0.1) is 10.1 Å². The van der Waals surface area contributed by atoms with E-state index in [0.717, 1.165) is 0 Å². The predicted octanol–water partition coefficient (Wildman–Crippen LogP) is 2.33. The molecule has 2 atom stereocenters. The molecule has 1 aromatic rings. The van der Waals surface area contributed by atoms with E-state index >= 15 is 0 Å². The van der Waals surface area contributed by atoms with Gasteiger partial charge in [-0.2, -0.15) is 12.6 Å². The average Bonchev–Trinajstić information content (AvgIpc) is 2.94. The Morgan fingerprint density at radius 3 is 2.48 bits per heavy atom. The van der Waals surface area contributed by atoms with Gasteiger partial charge in [0.2, 0.25) is 5.91 Å². The van der Waals surface area contributed by atoms with Gasteiger partial charge < -0.3 is 9.64 Å². The lowest BCUT2D eigenvalue weighted by molar-refractivity contribution is -0.384. The zero-order chi connectivity index (χ0) is 17.9. The number of hydrogen-bond acceptors (Lipinski definition) is 6. The minimum atomic E-state index is -0.592. The Hall–Kier alpha value is -2.29. The third-order valence-electron chi connectivity index (χ3n) is 3.75. The molecule has 1 aliphatic heterocycles. The molecule has 0 N–H and O–H groups in total. The number of likely N-dealkylation sites (tertiary alicyclic amines) is 1. The molecule has 1 saturated heterocycles. The summed E-state index contributed by atoms with van der Waals surface area (Å²) in [4.78, 5) is 37.4. The van der Waals surface area contributed by atoms with Gasteiger partial charge >= 0.3 is 6.09 Å². The van der Waals surface area contributed by atoms with Crippen LogP contribution < -0.4 is 0 Å². The fraction of sp³-hybridized carbons (Fsp3) is 0.500. The van der Waals surface area contributed by atoms with Gasteiger partial charge in [0, 0.05) is 38.0 Å². The summed E-state index contributed by atoms with van der Waals surface area (Å²) < 4.78 is 5.23. The lowest BCUT2D eigenvalue weighted by Gasteiger charge is -2.25. The number of nitro groups is 1. The number of rotatable bonds is 4. The number of nitrogens with zero attached hydrogens (tertiary/aromatic N) is 3. The highest BCUT2D eigenvalue weighted by molar-refractivity contribution is 7.81. The molecular weight excluding hydrogens is 346 g/mol. The first-order valence-corrected chi connectivity index (χ1v) is 7.87. The molecule has 0 unspecified atom stereocenters. The van der Waals surface area contributed by atoms with Crippen LogP contribution in [0.1, 0.15) is 19.4 Å². The van der Waals surface area contributed by atoms with Crippen LogP contribution in [-0.4, -0.2) is 58.7 Å². The highest BCUT2D eigenvalue weighted by atomic mass is 32.1. The second-order valence-electron chi connectivity index (χ2n) is 5.77. The maximum absolute atomic E-state index is 12.3. The fourth-order valence-electron chi connectivity index (χ4n) is 2.49. The number of benzene rings is 1. The van der Waals surface area contributed by atoms with Crippen LogP contribution in [0.15, 0.2) is 24.3 Å². The molecule has 2 amide bonds. The van der Waals surface area contributed by atoms with E-state index in [1.807, 2.05) is 0 Å². The average molecular weight is 369 g/mol. The minimum absolute atomic E-state index is 0. The summed E-state index contributed by atoms with van der Waals surface area (Å²) in [5.74, 6) is -0.168. The molecule has 1 aromatic carbocycles. The second-order valence-corrected chi connectivity index (χ2v) is 6.50. The molecule has 138 valence electrons. The van der Waals surface area contributed by atoms with Crippen molar-refractivity contribution < 1.29 is 19.2 Å². The highest BCUT2D eigenvalue weighted by Gasteiger charge is 2.39. The monoisotopic (exact) mass is 369 g/mol. The van der Waals surface area contributed by atoms with Gasteiger partial charge in [-0.3, -0.25) is 19.8 Å². The number of carbonyl (C=O) groups excluding carboxylic acids is 2. The Morgan fingerprint density at radius 2 is 1.96 bits per heavy atom. The van der Waals surface area contributed by atoms with Crippen molar-refractivity contribution >= 4 is 30.3 Å². The Labute approximate surface area is 152 Å². The van der Waals surface area contributed by atoms with Crippen molar-refractivity contribution in [1.29, 1.82) is 0 Å².